The van der Waals surface area contributed by atoms with E-state index >= 15 is 0 Å². The van der Waals surface area contributed by atoms with Crippen LogP contribution in [-0.4, -0.2) is 0 Å². The van der Waals surface area contributed by atoms with Gasteiger partial charge in [-0.1, -0.05) is 6.58 Å². The summed E-state index contributed by atoms with van der Waals surface area (Å²) in [4.78, 5) is 0. The summed E-state index contributed by atoms with van der Waals surface area (Å²) in [7, 11) is 0. The molecule has 0 amide bonds. The molecule has 3 heteroatoms. The van der Waals surface area contributed by atoms with Crippen molar-refractivity contribution in [3.63, 3.8) is 0 Å². The molecule has 0 rings (SSSR count). The first-order valence-corrected chi connectivity index (χ1v) is 1.25. The highest BCUT2D eigenvalue weighted by atomic mass is 15.0. The molecule has 0 aliphatic heterocycles. The van der Waals surface area contributed by atoms with E-state index in [4.69, 9.17) is 10.8 Å². The monoisotopic (exact) mass is 80.0 g/mol. The Labute approximate surface area is 35.4 Å². The molecule has 0 aromatic carbocycles. The third-order valence-corrected chi connectivity index (χ3v) is 0.250. The highest BCUT2D eigenvalue weighted by Crippen LogP contribution is 1.80. The predicted molar refractivity (Wildman–Crippen MR) is 19.3 cm³/mol. The molecule has 0 aromatic rings. The number of rotatable bonds is 1. The first-order valence-electron chi connectivity index (χ1n) is 1.25. The summed E-state index contributed by atoms with van der Waals surface area (Å²) in [5.41, 5.74) is 7.47. The van der Waals surface area contributed by atoms with Gasteiger partial charge in [-0.25, -0.2) is 0 Å². The van der Waals surface area contributed by atoms with Gasteiger partial charge in [0, 0.05) is 0 Å². The molecule has 3 nitrogen and oxygen atoms in total. The molecule has 0 N–H and O–H groups in total. The molecule has 0 atom stereocenters. The van der Waals surface area contributed by atoms with Crippen LogP contribution in [-0.2, 0) is 0 Å². The number of nitrogens with zero attached hydrogens (tertiary/aromatic N) is 3. The Balaban J connectivity index is 3.63. The lowest BCUT2D eigenvalue weighted by atomic mass is 10.6. The summed E-state index contributed by atoms with van der Waals surface area (Å²) in [6, 6.07) is 1.50. The average molecular weight is 80.1 g/mol. The van der Waals surface area contributed by atoms with E-state index < -0.39 is 0 Å². The summed E-state index contributed by atoms with van der Waals surface area (Å²) < 4.78 is 0. The van der Waals surface area contributed by atoms with Crippen LogP contribution in [0.1, 0.15) is 0 Å². The number of nitriles is 1. The fourth-order valence-corrected chi connectivity index (χ4v) is 0.0224. The minimum absolute atomic E-state index is 0.171. The van der Waals surface area contributed by atoms with Gasteiger partial charge in [0.05, 0.1) is 0 Å². The molecule has 0 aliphatic rings. The minimum atomic E-state index is -0.171. The van der Waals surface area contributed by atoms with Gasteiger partial charge in [0.2, 0.25) is 0 Å². The Bertz CT molecular complexity index is 108. The number of hydrogen-bond acceptors (Lipinski definition) is 2. The van der Waals surface area contributed by atoms with Crippen LogP contribution in [0.3, 0.4) is 0 Å². The molecule has 0 bridgehead atoms. The zero-order valence-corrected chi connectivity index (χ0v) is 3.05. The third kappa shape index (κ3) is 1.18. The second-order valence-corrected chi connectivity index (χ2v) is 0.658. The Morgan fingerprint density at radius 3 is 2.33 bits per heavy atom. The number of hydrogen-bond donors (Lipinski definition) is 0. The van der Waals surface area contributed by atoms with Crippen LogP contribution in [0.25, 0.3) is 0 Å². The highest BCUT2D eigenvalue weighted by Gasteiger charge is 1.75. The quantitative estimate of drug-likeness (QED) is 0.329. The van der Waals surface area contributed by atoms with Gasteiger partial charge in [0.1, 0.15) is 6.07 Å². The van der Waals surface area contributed by atoms with E-state index in [1.54, 1.807) is 0 Å². The molecule has 0 aliphatic carbocycles. The Kier molecular flexibility index (Phi) is 1.68. The fourth-order valence-electron chi connectivity index (χ4n) is 0.0224. The maximum Gasteiger partial charge on any atom is 0.157 e. The van der Waals surface area contributed by atoms with Crippen molar-refractivity contribution < 1.29 is 0 Å². The van der Waals surface area contributed by atoms with Crippen molar-refractivity contribution in [2.45, 2.75) is 0 Å². The average Bonchev–Trinajstić information content (AvgIpc) is 1.65. The maximum atomic E-state index is 7.73. The maximum absolute atomic E-state index is 7.73. The fraction of sp³-hybridized carbons (Fsp3) is 0. The van der Waals surface area contributed by atoms with Crippen molar-refractivity contribution in [1.82, 2.24) is 5.53 Å². The molecular weight excluding hydrogens is 78.1 g/mol. The van der Waals surface area contributed by atoms with E-state index in [9.17, 15) is 0 Å². The van der Waals surface area contributed by atoms with Gasteiger partial charge in [-0.15, -0.1) is 5.11 Å². The second-order valence-electron chi connectivity index (χ2n) is 0.658. The van der Waals surface area contributed by atoms with E-state index in [0.29, 0.717) is 0 Å². The zero-order chi connectivity index (χ0) is 4.99. The van der Waals surface area contributed by atoms with Crippen LogP contribution in [0.5, 0.6) is 0 Å². The lowest BCUT2D eigenvalue weighted by molar-refractivity contribution is 1.23. The molecule has 0 fully saturated rings. The van der Waals surface area contributed by atoms with E-state index in [2.05, 4.69) is 11.7 Å². The van der Waals surface area contributed by atoms with Gasteiger partial charge in [0.15, 0.2) is 5.70 Å². The van der Waals surface area contributed by atoms with E-state index in [0.717, 1.165) is 0 Å². The van der Waals surface area contributed by atoms with Gasteiger partial charge in [-0.3, -0.25) is 0 Å². The lowest BCUT2D eigenvalue weighted by Gasteiger charge is -1.64. The minimum Gasteiger partial charge on any atom is -0.191 e. The molecule has 0 spiro atoms. The predicted octanol–water partition coefficient (Wildman–Crippen LogP) is 0.276. The van der Waals surface area contributed by atoms with E-state index in [-0.39, 0.29) is 5.70 Å². The molecule has 6 heavy (non-hydrogen) atoms. The van der Waals surface area contributed by atoms with Gasteiger partial charge < -0.3 is 0 Å². The molecule has 0 saturated heterocycles. The second kappa shape index (κ2) is 2.09. The van der Waals surface area contributed by atoms with Crippen LogP contribution in [0.4, 0.5) is 0 Å². The van der Waals surface area contributed by atoms with Gasteiger partial charge in [-0.2, -0.15) is 5.26 Å². The van der Waals surface area contributed by atoms with Gasteiger partial charge >= 0.3 is 0 Å². The van der Waals surface area contributed by atoms with Crippen molar-refractivity contribution >= 4 is 0 Å². The standard InChI is InChI=1S/C3H2N3/c1-3(2-4)6-5/h1H2. The van der Waals surface area contributed by atoms with Gasteiger partial charge in [-0.05, 0) is 5.53 Å². The summed E-state index contributed by atoms with van der Waals surface area (Å²) >= 11 is 0. The van der Waals surface area contributed by atoms with Crippen LogP contribution in [0.2, 0.25) is 0 Å². The molecule has 0 unspecified atom stereocenters. The van der Waals surface area contributed by atoms with E-state index in [1.165, 1.54) is 6.07 Å². The van der Waals surface area contributed by atoms with Gasteiger partial charge in [0.25, 0.3) is 0 Å². The van der Waals surface area contributed by atoms with Crippen LogP contribution in [0.15, 0.2) is 17.4 Å². The molecule has 0 saturated carbocycles. The normalized spacial score (nSPS) is 5.83. The smallest absolute Gasteiger partial charge is 0.157 e. The van der Waals surface area contributed by atoms with Crippen molar-refractivity contribution in [1.29, 1.82) is 5.26 Å². The topological polar surface area (TPSA) is 58.5 Å². The van der Waals surface area contributed by atoms with Crippen molar-refractivity contribution in [2.24, 2.45) is 5.11 Å². The van der Waals surface area contributed by atoms with Crippen LogP contribution >= 0.6 is 0 Å². The summed E-state index contributed by atoms with van der Waals surface area (Å²) in [6.45, 7) is 3.01. The third-order valence-electron chi connectivity index (χ3n) is 0.250. The molecule has 1 radical (unpaired) electrons. The molecule has 0 aromatic heterocycles. The number of allylic oxidation sites excluding steroid dienone is 1. The first kappa shape index (κ1) is 4.83. The lowest BCUT2D eigenvalue weighted by Crippen LogP contribution is -1.60. The molecule has 0 heterocycles. The summed E-state index contributed by atoms with van der Waals surface area (Å²) in [5, 5.41) is 10.2. The highest BCUT2D eigenvalue weighted by molar-refractivity contribution is 5.11. The van der Waals surface area contributed by atoms with Crippen LogP contribution in [0, 0.1) is 11.3 Å². The van der Waals surface area contributed by atoms with Crippen molar-refractivity contribution in [3.05, 3.63) is 12.3 Å². The molecular formula is C3H2N3. The van der Waals surface area contributed by atoms with E-state index in [1.807, 2.05) is 0 Å². The Morgan fingerprint density at radius 1 is 1.83 bits per heavy atom. The van der Waals surface area contributed by atoms with Crippen LogP contribution < -0.4 is 5.53 Å². The summed E-state index contributed by atoms with van der Waals surface area (Å²) in [6.07, 6.45) is 0. The Morgan fingerprint density at radius 2 is 2.33 bits per heavy atom. The largest absolute Gasteiger partial charge is 0.191 e. The van der Waals surface area contributed by atoms with Crippen molar-refractivity contribution in [2.75, 3.05) is 0 Å². The first-order chi connectivity index (χ1) is 2.81. The zero-order valence-electron chi connectivity index (χ0n) is 3.05. The van der Waals surface area contributed by atoms with Crippen molar-refractivity contribution in [3.8, 4) is 6.07 Å². The summed E-state index contributed by atoms with van der Waals surface area (Å²) in [5.74, 6) is 0. The molecule has 29 valence electrons. The SMILES string of the molecule is C=C(C#N)N=[N]. The Hall–Kier alpha value is -1.17.